The summed E-state index contributed by atoms with van der Waals surface area (Å²) < 4.78 is 5.75. The summed E-state index contributed by atoms with van der Waals surface area (Å²) in [6.45, 7) is 1.02. The number of carbonyl (C=O) groups excluding carboxylic acids is 1. The van der Waals surface area contributed by atoms with Gasteiger partial charge < -0.3 is 15.8 Å². The van der Waals surface area contributed by atoms with Crippen LogP contribution in [0, 0.1) is 0 Å². The fourth-order valence-corrected chi connectivity index (χ4v) is 2.63. The Balaban J connectivity index is 0.00000312. The Morgan fingerprint density at radius 1 is 1.12 bits per heavy atom. The molecule has 0 saturated carbocycles. The highest BCUT2D eigenvalue weighted by atomic mass is 35.5. The molecule has 2 rings (SSSR count). The summed E-state index contributed by atoms with van der Waals surface area (Å²) in [5, 5.41) is 2.87. The molecule has 2 aromatic carbocycles. The lowest BCUT2D eigenvalue weighted by molar-refractivity contribution is -0.122. The molecule has 0 fully saturated rings. The molecule has 0 aliphatic heterocycles. The molecule has 0 unspecified atom stereocenters. The van der Waals surface area contributed by atoms with E-state index >= 15 is 0 Å². The molecule has 6 heteroatoms. The van der Waals surface area contributed by atoms with Crippen LogP contribution in [0.3, 0.4) is 0 Å². The maximum Gasteiger partial charge on any atom is 0.237 e. The van der Waals surface area contributed by atoms with Crippen LogP contribution in [0.1, 0.15) is 17.5 Å². The summed E-state index contributed by atoms with van der Waals surface area (Å²) >= 11 is 1.69. The van der Waals surface area contributed by atoms with Gasteiger partial charge in [0.15, 0.2) is 0 Å². The third-order valence-electron chi connectivity index (χ3n) is 3.61. The van der Waals surface area contributed by atoms with Crippen LogP contribution < -0.4 is 15.8 Å². The fourth-order valence-electron chi connectivity index (χ4n) is 2.14. The number of nitrogens with two attached hydrogens (primary N) is 1. The zero-order valence-corrected chi connectivity index (χ0v) is 15.9. The van der Waals surface area contributed by atoms with Gasteiger partial charge >= 0.3 is 0 Å². The number of halogens is 1. The van der Waals surface area contributed by atoms with Crippen molar-refractivity contribution in [3.63, 3.8) is 0 Å². The van der Waals surface area contributed by atoms with E-state index in [1.165, 1.54) is 0 Å². The number of ether oxygens (including phenoxy) is 1. The van der Waals surface area contributed by atoms with Crippen LogP contribution >= 0.6 is 24.2 Å². The predicted octanol–water partition coefficient (Wildman–Crippen LogP) is 3.38. The highest BCUT2D eigenvalue weighted by molar-refractivity contribution is 7.98. The van der Waals surface area contributed by atoms with E-state index < -0.39 is 6.04 Å². The molecule has 1 atom stereocenters. The van der Waals surface area contributed by atoms with Gasteiger partial charge in [-0.15, -0.1) is 12.4 Å². The number of thioether (sulfide) groups is 1. The van der Waals surface area contributed by atoms with Crippen molar-refractivity contribution in [1.82, 2.24) is 5.32 Å². The van der Waals surface area contributed by atoms with Crippen molar-refractivity contribution in [1.29, 1.82) is 0 Å². The highest BCUT2D eigenvalue weighted by Gasteiger charge is 2.12. The molecule has 0 aliphatic rings. The maximum absolute atomic E-state index is 11.9. The van der Waals surface area contributed by atoms with Crippen LogP contribution in [0.2, 0.25) is 0 Å². The molecule has 3 N–H and O–H groups in total. The van der Waals surface area contributed by atoms with E-state index in [-0.39, 0.29) is 18.3 Å². The Kier molecular flexibility index (Phi) is 10.1. The van der Waals surface area contributed by atoms with Gasteiger partial charge in [0, 0.05) is 6.54 Å². The number of benzene rings is 2. The summed E-state index contributed by atoms with van der Waals surface area (Å²) in [5.74, 6) is 1.60. The lowest BCUT2D eigenvalue weighted by Gasteiger charge is -2.12. The molecule has 25 heavy (non-hydrogen) atoms. The van der Waals surface area contributed by atoms with Crippen LogP contribution in [-0.4, -0.2) is 24.0 Å². The van der Waals surface area contributed by atoms with Crippen molar-refractivity contribution < 1.29 is 9.53 Å². The highest BCUT2D eigenvalue weighted by Crippen LogP contribution is 2.14. The maximum atomic E-state index is 11.9. The SMILES string of the molecule is CSCC[C@H](N)C(=O)NCc1ccc(OCc2ccccc2)cc1.Cl. The Labute approximate surface area is 159 Å². The Bertz CT molecular complexity index is 623. The standard InChI is InChI=1S/C19H24N2O2S.ClH/c1-24-12-11-18(20)19(22)21-13-15-7-9-17(10-8-15)23-14-16-5-3-2-4-6-16;/h2-10,18H,11-14,20H2,1H3,(H,21,22);1H/t18-;/m0./s1. The van der Waals surface area contributed by atoms with Gasteiger partial charge in [-0.3, -0.25) is 4.79 Å². The first kappa shape index (κ1) is 21.4. The van der Waals surface area contributed by atoms with Crippen molar-refractivity contribution in [3.05, 3.63) is 65.7 Å². The van der Waals surface area contributed by atoms with E-state index in [0.717, 1.165) is 22.6 Å². The molecule has 4 nitrogen and oxygen atoms in total. The molecule has 0 spiro atoms. The molecular weight excluding hydrogens is 356 g/mol. The van der Waals surface area contributed by atoms with E-state index in [1.54, 1.807) is 11.8 Å². The van der Waals surface area contributed by atoms with Crippen LogP contribution in [-0.2, 0) is 17.9 Å². The minimum atomic E-state index is -0.439. The van der Waals surface area contributed by atoms with Gasteiger partial charge in [-0.1, -0.05) is 42.5 Å². The first-order valence-electron chi connectivity index (χ1n) is 7.97. The molecule has 136 valence electrons. The van der Waals surface area contributed by atoms with Crippen molar-refractivity contribution in [2.75, 3.05) is 12.0 Å². The minimum absolute atomic E-state index is 0. The van der Waals surface area contributed by atoms with Gasteiger partial charge in [-0.05, 0) is 41.7 Å². The topological polar surface area (TPSA) is 64.4 Å². The van der Waals surface area contributed by atoms with Gasteiger partial charge in [-0.25, -0.2) is 0 Å². The quantitative estimate of drug-likeness (QED) is 0.699. The number of amides is 1. The van der Waals surface area contributed by atoms with Crippen LogP contribution in [0.25, 0.3) is 0 Å². The zero-order chi connectivity index (χ0) is 17.2. The lowest BCUT2D eigenvalue weighted by atomic mass is 10.2. The van der Waals surface area contributed by atoms with E-state index in [4.69, 9.17) is 10.5 Å². The van der Waals surface area contributed by atoms with E-state index in [1.807, 2.05) is 60.9 Å². The monoisotopic (exact) mass is 380 g/mol. The van der Waals surface area contributed by atoms with Gasteiger partial charge in [-0.2, -0.15) is 11.8 Å². The second-order valence-electron chi connectivity index (χ2n) is 5.52. The van der Waals surface area contributed by atoms with Gasteiger partial charge in [0.1, 0.15) is 12.4 Å². The molecule has 2 aromatic rings. The van der Waals surface area contributed by atoms with E-state index in [0.29, 0.717) is 19.6 Å². The molecule has 1 amide bonds. The smallest absolute Gasteiger partial charge is 0.237 e. The fraction of sp³-hybridized carbons (Fsp3) is 0.316. The second-order valence-corrected chi connectivity index (χ2v) is 6.51. The Morgan fingerprint density at radius 2 is 1.80 bits per heavy atom. The first-order chi connectivity index (χ1) is 11.7. The third-order valence-corrected chi connectivity index (χ3v) is 4.25. The predicted molar refractivity (Wildman–Crippen MR) is 107 cm³/mol. The van der Waals surface area contributed by atoms with Crippen LogP contribution in [0.5, 0.6) is 5.75 Å². The Morgan fingerprint density at radius 3 is 2.44 bits per heavy atom. The molecule has 0 aliphatic carbocycles. The van der Waals surface area contributed by atoms with Gasteiger partial charge in [0.05, 0.1) is 6.04 Å². The number of hydrogen-bond acceptors (Lipinski definition) is 4. The number of hydrogen-bond donors (Lipinski definition) is 2. The second kappa shape index (κ2) is 11.8. The summed E-state index contributed by atoms with van der Waals surface area (Å²) in [5.41, 5.74) is 7.99. The zero-order valence-electron chi connectivity index (χ0n) is 14.3. The van der Waals surface area contributed by atoms with Crippen LogP contribution in [0.4, 0.5) is 0 Å². The van der Waals surface area contributed by atoms with Crippen molar-refractivity contribution in [2.45, 2.75) is 25.6 Å². The van der Waals surface area contributed by atoms with Crippen LogP contribution in [0.15, 0.2) is 54.6 Å². The summed E-state index contributed by atoms with van der Waals surface area (Å²) in [6.07, 6.45) is 2.70. The van der Waals surface area contributed by atoms with Gasteiger partial charge in [0.25, 0.3) is 0 Å². The Hall–Kier alpha value is -1.69. The summed E-state index contributed by atoms with van der Waals surface area (Å²) in [4.78, 5) is 11.9. The van der Waals surface area contributed by atoms with E-state index in [9.17, 15) is 4.79 Å². The summed E-state index contributed by atoms with van der Waals surface area (Å²) in [7, 11) is 0. The number of carbonyl (C=O) groups is 1. The molecule has 0 saturated heterocycles. The minimum Gasteiger partial charge on any atom is -0.489 e. The largest absolute Gasteiger partial charge is 0.489 e. The molecule has 0 aromatic heterocycles. The average molecular weight is 381 g/mol. The van der Waals surface area contributed by atoms with Crippen molar-refractivity contribution >= 4 is 30.1 Å². The molecule has 0 heterocycles. The number of nitrogens with one attached hydrogen (secondary N) is 1. The lowest BCUT2D eigenvalue weighted by Crippen LogP contribution is -2.40. The van der Waals surface area contributed by atoms with Crippen molar-refractivity contribution in [3.8, 4) is 5.75 Å². The first-order valence-corrected chi connectivity index (χ1v) is 9.36. The molecule has 0 bridgehead atoms. The third kappa shape index (κ3) is 7.82. The van der Waals surface area contributed by atoms with Gasteiger partial charge in [0.2, 0.25) is 5.91 Å². The van der Waals surface area contributed by atoms with E-state index in [2.05, 4.69) is 5.32 Å². The molecular formula is C19H25ClN2O2S. The number of rotatable bonds is 9. The summed E-state index contributed by atoms with van der Waals surface area (Å²) in [6, 6.07) is 17.3. The molecule has 0 radical (unpaired) electrons. The average Bonchev–Trinajstić information content (AvgIpc) is 2.64. The van der Waals surface area contributed by atoms with Crippen molar-refractivity contribution in [2.24, 2.45) is 5.73 Å². The normalized spacial score (nSPS) is 11.3.